The van der Waals surface area contributed by atoms with Crippen LogP contribution in [0.4, 0.5) is 0 Å². The van der Waals surface area contributed by atoms with Gasteiger partial charge in [0.1, 0.15) is 11.5 Å². The third-order valence-corrected chi connectivity index (χ3v) is 6.21. The van der Waals surface area contributed by atoms with Gasteiger partial charge in [0.15, 0.2) is 0 Å². The quantitative estimate of drug-likeness (QED) is 0.603. The van der Waals surface area contributed by atoms with Crippen molar-refractivity contribution in [3.63, 3.8) is 0 Å². The third kappa shape index (κ3) is 4.42. The van der Waals surface area contributed by atoms with Gasteiger partial charge >= 0.3 is 7.60 Å². The van der Waals surface area contributed by atoms with Crippen LogP contribution in [0, 0.1) is 27.7 Å². The Balaban J connectivity index is 2.41. The number of hydrogen-bond acceptors (Lipinski definition) is 3. The number of rotatable bonds is 4. The van der Waals surface area contributed by atoms with Crippen LogP contribution in [0.3, 0.4) is 0 Å². The molecular weight excluding hydrogens is 319 g/mol. The van der Waals surface area contributed by atoms with E-state index in [4.69, 9.17) is 9.05 Å². The van der Waals surface area contributed by atoms with Crippen LogP contribution in [0.5, 0.6) is 11.5 Å². The van der Waals surface area contributed by atoms with Crippen LogP contribution in [0.1, 0.15) is 43.0 Å². The summed E-state index contributed by atoms with van der Waals surface area (Å²) in [6, 6.07) is 11.7. The Morgan fingerprint density at radius 1 is 0.667 bits per heavy atom. The molecule has 0 aliphatic heterocycles. The van der Waals surface area contributed by atoms with Gasteiger partial charge in [-0.05, 0) is 95.0 Å². The first-order valence-corrected chi connectivity index (χ1v) is 9.69. The lowest BCUT2D eigenvalue weighted by atomic mass is 10.1. The Labute approximate surface area is 145 Å². The van der Waals surface area contributed by atoms with Crippen molar-refractivity contribution in [2.24, 2.45) is 0 Å². The molecule has 2 aromatic rings. The molecule has 0 fully saturated rings. The maximum atomic E-state index is 13.6. The van der Waals surface area contributed by atoms with Crippen molar-refractivity contribution in [1.29, 1.82) is 0 Å². The first-order chi connectivity index (χ1) is 11.0. The summed E-state index contributed by atoms with van der Waals surface area (Å²) in [5.41, 5.74) is 4.27. The SMILES string of the molecule is Cc1cc(C)cc(OP(=O)(Oc2cc(C)cc(C)c2)C(C)(C)C)c1. The van der Waals surface area contributed by atoms with Gasteiger partial charge in [-0.15, -0.1) is 0 Å². The lowest BCUT2D eigenvalue weighted by Gasteiger charge is -2.30. The summed E-state index contributed by atoms with van der Waals surface area (Å²) < 4.78 is 25.5. The average Bonchev–Trinajstić information content (AvgIpc) is 2.33. The molecule has 0 unspecified atom stereocenters. The monoisotopic (exact) mass is 346 g/mol. The molecule has 24 heavy (non-hydrogen) atoms. The average molecular weight is 346 g/mol. The van der Waals surface area contributed by atoms with E-state index in [1.54, 1.807) is 0 Å². The second-order valence-corrected chi connectivity index (χ2v) is 10.2. The highest BCUT2D eigenvalue weighted by atomic mass is 31.2. The minimum Gasteiger partial charge on any atom is -0.416 e. The van der Waals surface area contributed by atoms with Crippen LogP contribution in [0.2, 0.25) is 0 Å². The van der Waals surface area contributed by atoms with E-state index in [0.717, 1.165) is 22.3 Å². The van der Waals surface area contributed by atoms with Crippen LogP contribution in [-0.2, 0) is 4.57 Å². The minimum absolute atomic E-state index is 0.579. The largest absolute Gasteiger partial charge is 0.435 e. The molecule has 0 saturated carbocycles. The molecule has 0 radical (unpaired) electrons. The van der Waals surface area contributed by atoms with Crippen LogP contribution >= 0.6 is 7.60 Å². The molecule has 130 valence electrons. The van der Waals surface area contributed by atoms with Crippen molar-refractivity contribution in [2.75, 3.05) is 0 Å². The van der Waals surface area contributed by atoms with Crippen molar-refractivity contribution in [3.05, 3.63) is 58.7 Å². The highest BCUT2D eigenvalue weighted by molar-refractivity contribution is 7.56. The Bertz CT molecular complexity index is 690. The number of aryl methyl sites for hydroxylation is 4. The van der Waals surface area contributed by atoms with Crippen LogP contribution in [0.15, 0.2) is 36.4 Å². The molecule has 0 atom stereocenters. The highest BCUT2D eigenvalue weighted by Gasteiger charge is 2.43. The minimum atomic E-state index is -3.43. The van der Waals surface area contributed by atoms with Crippen molar-refractivity contribution >= 4 is 7.60 Å². The predicted octanol–water partition coefficient (Wildman–Crippen LogP) is 6.37. The lowest BCUT2D eigenvalue weighted by molar-refractivity contribution is 0.356. The molecule has 0 spiro atoms. The zero-order valence-corrected chi connectivity index (χ0v) is 16.5. The van der Waals surface area contributed by atoms with E-state index in [9.17, 15) is 4.57 Å². The van der Waals surface area contributed by atoms with E-state index < -0.39 is 12.8 Å². The molecule has 4 heteroatoms. The third-order valence-electron chi connectivity index (χ3n) is 3.66. The standard InChI is InChI=1S/C20H27O3P/c1-14-8-15(2)11-18(10-14)22-24(21,20(5,6)7)23-19-12-16(3)9-17(4)13-19/h8-13H,1-7H3. The zero-order chi connectivity index (χ0) is 18.1. The molecular formula is C20H27O3P. The summed E-state index contributed by atoms with van der Waals surface area (Å²) in [5.74, 6) is 1.16. The van der Waals surface area contributed by atoms with E-state index >= 15 is 0 Å². The van der Waals surface area contributed by atoms with E-state index in [1.165, 1.54) is 0 Å². The number of benzene rings is 2. The fourth-order valence-corrected chi connectivity index (χ4v) is 3.89. The molecule has 0 amide bonds. The molecule has 3 nitrogen and oxygen atoms in total. The van der Waals surface area contributed by atoms with Crippen LogP contribution in [-0.4, -0.2) is 5.16 Å². The zero-order valence-electron chi connectivity index (χ0n) is 15.6. The van der Waals surface area contributed by atoms with Gasteiger partial charge in [-0.2, -0.15) is 0 Å². The van der Waals surface area contributed by atoms with Crippen molar-refractivity contribution in [2.45, 2.75) is 53.6 Å². The van der Waals surface area contributed by atoms with Crippen molar-refractivity contribution < 1.29 is 13.6 Å². The smallest absolute Gasteiger partial charge is 0.416 e. The summed E-state index contributed by atoms with van der Waals surface area (Å²) in [7, 11) is -3.43. The lowest BCUT2D eigenvalue weighted by Crippen LogP contribution is -2.22. The topological polar surface area (TPSA) is 35.5 Å². The van der Waals surface area contributed by atoms with Gasteiger partial charge < -0.3 is 9.05 Å². The molecule has 0 aliphatic carbocycles. The van der Waals surface area contributed by atoms with Gasteiger partial charge in [-0.3, -0.25) is 0 Å². The van der Waals surface area contributed by atoms with E-state index in [0.29, 0.717) is 11.5 Å². The second kappa shape index (κ2) is 6.64. The molecule has 2 rings (SSSR count). The van der Waals surface area contributed by atoms with Gasteiger partial charge in [-0.25, -0.2) is 4.57 Å². The maximum absolute atomic E-state index is 13.6. The Hall–Kier alpha value is -1.73. The molecule has 0 bridgehead atoms. The maximum Gasteiger partial charge on any atom is 0.435 e. The van der Waals surface area contributed by atoms with E-state index in [1.807, 2.05) is 72.7 Å². The van der Waals surface area contributed by atoms with Gasteiger partial charge in [-0.1, -0.05) is 12.1 Å². The van der Waals surface area contributed by atoms with Crippen LogP contribution < -0.4 is 9.05 Å². The van der Waals surface area contributed by atoms with Gasteiger partial charge in [0.05, 0.1) is 5.16 Å². The highest BCUT2D eigenvalue weighted by Crippen LogP contribution is 2.59. The Morgan fingerprint density at radius 3 is 1.21 bits per heavy atom. The Morgan fingerprint density at radius 2 is 0.958 bits per heavy atom. The molecule has 0 heterocycles. The summed E-state index contributed by atoms with van der Waals surface area (Å²) in [4.78, 5) is 0. The molecule has 0 saturated heterocycles. The molecule has 0 N–H and O–H groups in total. The fraction of sp³-hybridized carbons (Fsp3) is 0.400. The number of hydrogen-bond donors (Lipinski definition) is 0. The normalized spacial score (nSPS) is 12.1. The van der Waals surface area contributed by atoms with Crippen molar-refractivity contribution in [1.82, 2.24) is 0 Å². The van der Waals surface area contributed by atoms with E-state index in [2.05, 4.69) is 12.1 Å². The Kier molecular flexibility index (Phi) is 5.15. The first-order valence-electron chi connectivity index (χ1n) is 8.14. The summed E-state index contributed by atoms with van der Waals surface area (Å²) >= 11 is 0. The molecule has 0 aliphatic rings. The van der Waals surface area contributed by atoms with Crippen LogP contribution in [0.25, 0.3) is 0 Å². The second-order valence-electron chi connectivity index (χ2n) is 7.50. The van der Waals surface area contributed by atoms with Gasteiger partial charge in [0.25, 0.3) is 0 Å². The van der Waals surface area contributed by atoms with E-state index in [-0.39, 0.29) is 0 Å². The predicted molar refractivity (Wildman–Crippen MR) is 100 cm³/mol. The van der Waals surface area contributed by atoms with Gasteiger partial charge in [0, 0.05) is 0 Å². The molecule has 2 aromatic carbocycles. The first kappa shape index (κ1) is 18.6. The van der Waals surface area contributed by atoms with Gasteiger partial charge in [0.2, 0.25) is 0 Å². The molecule has 0 aromatic heterocycles. The summed E-state index contributed by atoms with van der Waals surface area (Å²) in [6.07, 6.45) is 0. The summed E-state index contributed by atoms with van der Waals surface area (Å²) in [6.45, 7) is 13.6. The fourth-order valence-electron chi connectivity index (χ4n) is 2.54. The summed E-state index contributed by atoms with van der Waals surface area (Å²) in [5, 5.41) is -0.650. The van der Waals surface area contributed by atoms with Crippen molar-refractivity contribution in [3.8, 4) is 11.5 Å².